The zero-order valence-electron chi connectivity index (χ0n) is 18.3. The third-order valence-electron chi connectivity index (χ3n) is 5.90. The minimum atomic E-state index is -0.550. The summed E-state index contributed by atoms with van der Waals surface area (Å²) < 4.78 is 31.3. The third kappa shape index (κ3) is 4.49. The lowest BCUT2D eigenvalue weighted by atomic mass is 9.71. The molecule has 1 N–H and O–H groups in total. The second-order valence-electron chi connectivity index (χ2n) is 9.34. The molecule has 2 bridgehead atoms. The fraction of sp³-hybridized carbons (Fsp3) is 0.522. The first kappa shape index (κ1) is 21.5. The third-order valence-corrected chi connectivity index (χ3v) is 5.90. The molecule has 2 aromatic rings. The Balaban J connectivity index is 1.51. The highest BCUT2D eigenvalue weighted by Gasteiger charge is 2.49. The van der Waals surface area contributed by atoms with Crippen molar-refractivity contribution < 1.29 is 23.4 Å². The molecule has 2 aliphatic heterocycles. The Labute approximate surface area is 181 Å². The molecule has 0 aromatic carbocycles. The Morgan fingerprint density at radius 2 is 2.00 bits per heavy atom. The summed E-state index contributed by atoms with van der Waals surface area (Å²) in [6, 6.07) is 3.45. The largest absolute Gasteiger partial charge is 0.481 e. The average molecular weight is 429 g/mol. The van der Waals surface area contributed by atoms with E-state index in [4.69, 9.17) is 14.2 Å². The predicted molar refractivity (Wildman–Crippen MR) is 114 cm³/mol. The molecule has 2 aromatic heterocycles. The maximum atomic E-state index is 14.6. The first-order valence-electron chi connectivity index (χ1n) is 10.5. The van der Waals surface area contributed by atoms with Crippen LogP contribution in [0.3, 0.4) is 0 Å². The van der Waals surface area contributed by atoms with E-state index < -0.39 is 28.7 Å². The van der Waals surface area contributed by atoms with Gasteiger partial charge in [0.25, 0.3) is 0 Å². The molecule has 1 saturated carbocycles. The molecule has 2 saturated heterocycles. The van der Waals surface area contributed by atoms with Gasteiger partial charge < -0.3 is 19.5 Å². The topological polar surface area (TPSA) is 82.6 Å². The van der Waals surface area contributed by atoms with Gasteiger partial charge in [-0.15, -0.1) is 0 Å². The van der Waals surface area contributed by atoms with Gasteiger partial charge in [0, 0.05) is 11.6 Å². The molecule has 4 heterocycles. The van der Waals surface area contributed by atoms with Gasteiger partial charge in [0.05, 0.1) is 36.6 Å². The summed E-state index contributed by atoms with van der Waals surface area (Å²) in [6.07, 6.45) is 7.40. The van der Waals surface area contributed by atoms with Crippen LogP contribution in [0, 0.1) is 5.82 Å². The number of nitrogens with one attached hydrogen (secondary N) is 1. The van der Waals surface area contributed by atoms with Gasteiger partial charge in [-0.3, -0.25) is 4.98 Å². The zero-order valence-corrected chi connectivity index (χ0v) is 18.3. The van der Waals surface area contributed by atoms with Gasteiger partial charge in [-0.1, -0.05) is 12.2 Å². The number of ether oxygens (including phenoxy) is 3. The van der Waals surface area contributed by atoms with Crippen LogP contribution in [0.2, 0.25) is 0 Å². The van der Waals surface area contributed by atoms with Crippen LogP contribution in [0.4, 0.5) is 9.18 Å². The molecule has 0 radical (unpaired) electrons. The summed E-state index contributed by atoms with van der Waals surface area (Å²) >= 11 is 0. The SMILES string of the molecule is COc1ccc2ncc(F)c(C=CC34CCC(NC(=O)OC(C)(C)C)(CC3)CO4)c2n1. The number of fused-ring (bicyclic) bond motifs is 4. The standard InChI is InChI=1S/C23H28FN3O4/c1-21(2,3)31-20(28)27-22-9-11-23(12-10-22,30-14-22)8-7-15-16(24)13-25-17-5-6-18(29-4)26-19(15)17/h5-8,13H,9-12,14H2,1-4H3,(H,27,28). The summed E-state index contributed by atoms with van der Waals surface area (Å²) in [6.45, 7) is 5.91. The van der Waals surface area contributed by atoms with E-state index in [-0.39, 0.29) is 0 Å². The molecule has 7 nitrogen and oxygen atoms in total. The second kappa shape index (κ2) is 7.75. The number of carbonyl (C=O) groups excluding carboxylic acids is 1. The number of amides is 1. The lowest BCUT2D eigenvalue weighted by Crippen LogP contribution is -2.62. The molecule has 3 aliphatic rings. The summed E-state index contributed by atoms with van der Waals surface area (Å²) in [4.78, 5) is 20.7. The normalized spacial score (nSPS) is 25.7. The molecule has 0 spiro atoms. The van der Waals surface area contributed by atoms with Crippen molar-refractivity contribution in [3.8, 4) is 5.88 Å². The van der Waals surface area contributed by atoms with E-state index in [0.29, 0.717) is 29.1 Å². The number of hydrogen-bond acceptors (Lipinski definition) is 6. The fourth-order valence-corrected chi connectivity index (χ4v) is 4.17. The number of halogens is 1. The Kier molecular flexibility index (Phi) is 5.37. The zero-order chi connectivity index (χ0) is 22.3. The smallest absolute Gasteiger partial charge is 0.408 e. The van der Waals surface area contributed by atoms with Crippen LogP contribution in [0.1, 0.15) is 52.0 Å². The maximum absolute atomic E-state index is 14.6. The van der Waals surface area contributed by atoms with Crippen LogP contribution >= 0.6 is 0 Å². The molecule has 5 rings (SSSR count). The van der Waals surface area contributed by atoms with Crippen molar-refractivity contribution in [3.63, 3.8) is 0 Å². The van der Waals surface area contributed by atoms with E-state index in [9.17, 15) is 9.18 Å². The summed E-state index contributed by atoms with van der Waals surface area (Å²) in [7, 11) is 1.52. The van der Waals surface area contributed by atoms with Crippen molar-refractivity contribution in [1.82, 2.24) is 15.3 Å². The monoisotopic (exact) mass is 429 g/mol. The van der Waals surface area contributed by atoms with Crippen molar-refractivity contribution in [1.29, 1.82) is 0 Å². The molecule has 166 valence electrons. The first-order valence-corrected chi connectivity index (χ1v) is 10.5. The van der Waals surface area contributed by atoms with Crippen LogP contribution in [0.25, 0.3) is 17.1 Å². The number of alkyl carbamates (subject to hydrolysis) is 1. The van der Waals surface area contributed by atoms with Gasteiger partial charge in [0.15, 0.2) is 5.82 Å². The number of methoxy groups -OCH3 is 1. The molecule has 31 heavy (non-hydrogen) atoms. The van der Waals surface area contributed by atoms with E-state index >= 15 is 0 Å². The van der Waals surface area contributed by atoms with Crippen LogP contribution in [0.15, 0.2) is 24.4 Å². The van der Waals surface area contributed by atoms with E-state index in [1.165, 1.54) is 13.3 Å². The minimum Gasteiger partial charge on any atom is -0.481 e. The number of nitrogens with zero attached hydrogens (tertiary/aromatic N) is 2. The lowest BCUT2D eigenvalue weighted by molar-refractivity contribution is -0.133. The quantitative estimate of drug-likeness (QED) is 0.776. The molecule has 0 atom stereocenters. The van der Waals surface area contributed by atoms with Gasteiger partial charge in [-0.25, -0.2) is 14.2 Å². The second-order valence-corrected chi connectivity index (χ2v) is 9.34. The van der Waals surface area contributed by atoms with Gasteiger partial charge in [-0.2, -0.15) is 0 Å². The summed E-state index contributed by atoms with van der Waals surface area (Å²) in [5, 5.41) is 3.01. The number of pyridine rings is 2. The van der Waals surface area contributed by atoms with Gasteiger partial charge in [-0.05, 0) is 52.5 Å². The van der Waals surface area contributed by atoms with Crippen molar-refractivity contribution in [2.24, 2.45) is 0 Å². The number of hydrogen-bond donors (Lipinski definition) is 1. The predicted octanol–water partition coefficient (Wildman–Crippen LogP) is 4.40. The van der Waals surface area contributed by atoms with Crippen LogP contribution in [-0.2, 0) is 9.47 Å². The van der Waals surface area contributed by atoms with Crippen LogP contribution in [-0.4, -0.2) is 46.5 Å². The van der Waals surface area contributed by atoms with Crippen LogP contribution < -0.4 is 10.1 Å². The highest BCUT2D eigenvalue weighted by atomic mass is 19.1. The van der Waals surface area contributed by atoms with Gasteiger partial charge >= 0.3 is 6.09 Å². The first-order chi connectivity index (χ1) is 14.6. The Morgan fingerprint density at radius 1 is 1.26 bits per heavy atom. The molecule has 1 amide bonds. The van der Waals surface area contributed by atoms with Gasteiger partial charge in [0.1, 0.15) is 11.1 Å². The molecular formula is C23H28FN3O4. The maximum Gasteiger partial charge on any atom is 0.408 e. The Morgan fingerprint density at radius 3 is 2.61 bits per heavy atom. The fourth-order valence-electron chi connectivity index (χ4n) is 4.17. The molecule has 1 aliphatic carbocycles. The average Bonchev–Trinajstić information content (AvgIpc) is 2.72. The lowest BCUT2D eigenvalue weighted by Gasteiger charge is -2.52. The van der Waals surface area contributed by atoms with E-state index in [1.54, 1.807) is 18.2 Å². The molecule has 3 fully saturated rings. The highest BCUT2D eigenvalue weighted by molar-refractivity contribution is 5.84. The van der Waals surface area contributed by atoms with Crippen molar-refractivity contribution in [3.05, 3.63) is 35.8 Å². The Hall–Kier alpha value is -2.74. The van der Waals surface area contributed by atoms with Gasteiger partial charge in [0.2, 0.25) is 5.88 Å². The number of aromatic nitrogens is 2. The minimum absolute atomic E-state index is 0.358. The highest BCUT2D eigenvalue weighted by Crippen LogP contribution is 2.45. The van der Waals surface area contributed by atoms with E-state index in [1.807, 2.05) is 26.8 Å². The van der Waals surface area contributed by atoms with E-state index in [0.717, 1.165) is 25.7 Å². The number of carbonyl (C=O) groups is 1. The molecule has 8 heteroatoms. The van der Waals surface area contributed by atoms with Crippen molar-refractivity contribution >= 4 is 23.2 Å². The summed E-state index contributed by atoms with van der Waals surface area (Å²) in [5.41, 5.74) is -0.0607. The molecule has 0 unspecified atom stereocenters. The van der Waals surface area contributed by atoms with Crippen LogP contribution in [0.5, 0.6) is 5.88 Å². The van der Waals surface area contributed by atoms with Crippen molar-refractivity contribution in [2.75, 3.05) is 13.7 Å². The molecular weight excluding hydrogens is 401 g/mol. The van der Waals surface area contributed by atoms with Crippen molar-refractivity contribution in [2.45, 2.75) is 63.2 Å². The number of rotatable bonds is 4. The van der Waals surface area contributed by atoms with E-state index in [2.05, 4.69) is 15.3 Å². The Bertz CT molecular complexity index is 1010. The summed E-state index contributed by atoms with van der Waals surface area (Å²) in [5.74, 6) is -0.0502.